The lowest BCUT2D eigenvalue weighted by atomic mass is 10.0. The maximum Gasteiger partial charge on any atom is 0.0382 e. The summed E-state index contributed by atoms with van der Waals surface area (Å²) < 4.78 is 0. The van der Waals surface area contributed by atoms with Crippen molar-refractivity contribution in [2.45, 2.75) is 78.9 Å². The van der Waals surface area contributed by atoms with Gasteiger partial charge in [0.2, 0.25) is 0 Å². The first-order valence-corrected chi connectivity index (χ1v) is 9.22. The second kappa shape index (κ2) is 9.57. The predicted molar refractivity (Wildman–Crippen MR) is 98.2 cm³/mol. The first-order valence-electron chi connectivity index (χ1n) is 9.22. The Morgan fingerprint density at radius 2 is 1.68 bits per heavy atom. The van der Waals surface area contributed by atoms with Gasteiger partial charge in [0.15, 0.2) is 0 Å². The third-order valence-corrected chi connectivity index (χ3v) is 4.55. The molecule has 1 heterocycles. The van der Waals surface area contributed by atoms with Crippen molar-refractivity contribution in [2.24, 2.45) is 5.92 Å². The lowest BCUT2D eigenvalue weighted by molar-refractivity contribution is 0.0440. The van der Waals surface area contributed by atoms with Crippen LogP contribution in [0.15, 0.2) is 12.3 Å². The fraction of sp³-hybridized carbons (Fsp3) is 0.895. The van der Waals surface area contributed by atoms with Gasteiger partial charge in [0.05, 0.1) is 0 Å². The topological polar surface area (TPSA) is 18.5 Å². The van der Waals surface area contributed by atoms with E-state index in [0.29, 0.717) is 18.1 Å². The van der Waals surface area contributed by atoms with Gasteiger partial charge in [-0.2, -0.15) is 0 Å². The van der Waals surface area contributed by atoms with E-state index < -0.39 is 0 Å². The summed E-state index contributed by atoms with van der Waals surface area (Å²) in [6.07, 6.45) is 4.08. The molecule has 1 saturated heterocycles. The molecule has 0 aromatic carbocycles. The Labute approximate surface area is 139 Å². The number of unbranched alkanes of at least 4 members (excludes halogenated alkanes) is 1. The number of hydrogen-bond acceptors (Lipinski definition) is 3. The molecule has 0 bridgehead atoms. The predicted octanol–water partition coefficient (Wildman–Crippen LogP) is 3.72. The number of hydrogen-bond donors (Lipinski definition) is 1. The molecule has 1 aliphatic heterocycles. The molecular formula is C19H39N3. The van der Waals surface area contributed by atoms with E-state index in [1.807, 2.05) is 0 Å². The van der Waals surface area contributed by atoms with Crippen LogP contribution in [0.3, 0.4) is 0 Å². The molecule has 2 unspecified atom stereocenters. The van der Waals surface area contributed by atoms with E-state index >= 15 is 0 Å². The highest BCUT2D eigenvalue weighted by molar-refractivity contribution is 4.99. The lowest BCUT2D eigenvalue weighted by Gasteiger charge is -2.45. The highest BCUT2D eigenvalue weighted by Crippen LogP contribution is 2.17. The van der Waals surface area contributed by atoms with Crippen LogP contribution in [0, 0.1) is 5.92 Å². The summed E-state index contributed by atoms with van der Waals surface area (Å²) >= 11 is 0. The normalized spacial score (nSPS) is 24.2. The first-order chi connectivity index (χ1) is 10.3. The average molecular weight is 310 g/mol. The van der Waals surface area contributed by atoms with Gasteiger partial charge in [0, 0.05) is 43.5 Å². The molecule has 3 heteroatoms. The van der Waals surface area contributed by atoms with Crippen molar-refractivity contribution in [1.29, 1.82) is 0 Å². The first kappa shape index (κ1) is 19.5. The zero-order valence-corrected chi connectivity index (χ0v) is 15.9. The van der Waals surface area contributed by atoms with Crippen molar-refractivity contribution < 1.29 is 0 Å². The Kier molecular flexibility index (Phi) is 8.48. The molecule has 22 heavy (non-hydrogen) atoms. The fourth-order valence-electron chi connectivity index (χ4n) is 3.52. The highest BCUT2D eigenvalue weighted by atomic mass is 15.3. The van der Waals surface area contributed by atoms with Gasteiger partial charge < -0.3 is 10.2 Å². The number of piperazine rings is 1. The molecule has 1 fully saturated rings. The van der Waals surface area contributed by atoms with Gasteiger partial charge in [-0.1, -0.05) is 33.3 Å². The van der Waals surface area contributed by atoms with Crippen molar-refractivity contribution >= 4 is 0 Å². The molecule has 1 aliphatic rings. The molecule has 0 aromatic rings. The molecule has 1 N–H and O–H groups in total. The van der Waals surface area contributed by atoms with Gasteiger partial charge in [0.1, 0.15) is 0 Å². The Morgan fingerprint density at radius 3 is 2.18 bits per heavy atom. The molecule has 0 aliphatic carbocycles. The molecular weight excluding hydrogens is 270 g/mol. The second-order valence-corrected chi connectivity index (χ2v) is 7.92. The summed E-state index contributed by atoms with van der Waals surface area (Å²) in [5.74, 6) is 0.842. The van der Waals surface area contributed by atoms with E-state index in [0.717, 1.165) is 18.2 Å². The van der Waals surface area contributed by atoms with Crippen molar-refractivity contribution in [1.82, 2.24) is 15.1 Å². The molecule has 0 radical (unpaired) electrons. The summed E-state index contributed by atoms with van der Waals surface area (Å²) in [4.78, 5) is 5.26. The molecule has 130 valence electrons. The highest BCUT2D eigenvalue weighted by Gasteiger charge is 2.29. The maximum absolute atomic E-state index is 4.19. The van der Waals surface area contributed by atoms with Crippen LogP contribution < -0.4 is 5.32 Å². The van der Waals surface area contributed by atoms with Crippen LogP contribution in [0.1, 0.15) is 60.8 Å². The van der Waals surface area contributed by atoms with Crippen molar-refractivity contribution in [2.75, 3.05) is 26.2 Å². The molecule has 0 saturated carbocycles. The minimum Gasteiger partial charge on any atom is -0.386 e. The summed E-state index contributed by atoms with van der Waals surface area (Å²) in [6, 6.07) is 1.69. The van der Waals surface area contributed by atoms with Crippen LogP contribution in [-0.2, 0) is 0 Å². The standard InChI is InChI=1S/C19H39N3/c1-15(2)10-8-9-11-21-13-18(6)22(19(7)14-21)12-17(5)20-16(3)4/h15-16,18-20H,5,8-14H2,1-4,6-7H3. The van der Waals surface area contributed by atoms with E-state index in [-0.39, 0.29) is 0 Å². The molecule has 3 nitrogen and oxygen atoms in total. The van der Waals surface area contributed by atoms with Crippen LogP contribution in [0.5, 0.6) is 0 Å². The minimum atomic E-state index is 0.473. The Hall–Kier alpha value is -0.540. The summed E-state index contributed by atoms with van der Waals surface area (Å²) in [6.45, 7) is 22.5. The molecule has 1 rings (SSSR count). The largest absolute Gasteiger partial charge is 0.386 e. The quantitative estimate of drug-likeness (QED) is 0.655. The summed E-state index contributed by atoms with van der Waals surface area (Å²) in [5, 5.41) is 3.45. The van der Waals surface area contributed by atoms with Gasteiger partial charge >= 0.3 is 0 Å². The van der Waals surface area contributed by atoms with E-state index in [1.54, 1.807) is 0 Å². The van der Waals surface area contributed by atoms with Gasteiger partial charge in [-0.25, -0.2) is 0 Å². The third-order valence-electron chi connectivity index (χ3n) is 4.55. The Bertz CT molecular complexity index is 313. The molecule has 0 aromatic heterocycles. The molecule has 2 atom stereocenters. The van der Waals surface area contributed by atoms with Gasteiger partial charge in [0.25, 0.3) is 0 Å². The Balaban J connectivity index is 2.36. The fourth-order valence-corrected chi connectivity index (χ4v) is 3.52. The van der Waals surface area contributed by atoms with E-state index in [9.17, 15) is 0 Å². The van der Waals surface area contributed by atoms with Crippen LogP contribution in [0.2, 0.25) is 0 Å². The zero-order valence-electron chi connectivity index (χ0n) is 15.9. The van der Waals surface area contributed by atoms with Crippen LogP contribution in [0.4, 0.5) is 0 Å². The molecule has 0 spiro atoms. The third kappa shape index (κ3) is 7.15. The maximum atomic E-state index is 4.19. The SMILES string of the molecule is C=C(CN1C(C)CN(CCCCC(C)C)CC1C)NC(C)C. The monoisotopic (exact) mass is 309 g/mol. The number of nitrogens with zero attached hydrogens (tertiary/aromatic N) is 2. The van der Waals surface area contributed by atoms with Crippen LogP contribution in [-0.4, -0.2) is 54.1 Å². The van der Waals surface area contributed by atoms with Crippen LogP contribution in [0.25, 0.3) is 0 Å². The van der Waals surface area contributed by atoms with Crippen molar-refractivity contribution in [3.05, 3.63) is 12.3 Å². The van der Waals surface area contributed by atoms with Crippen molar-refractivity contribution in [3.63, 3.8) is 0 Å². The van der Waals surface area contributed by atoms with E-state index in [2.05, 4.69) is 63.2 Å². The van der Waals surface area contributed by atoms with E-state index in [4.69, 9.17) is 0 Å². The van der Waals surface area contributed by atoms with Gasteiger partial charge in [-0.05, 0) is 46.6 Å². The van der Waals surface area contributed by atoms with Crippen LogP contribution >= 0.6 is 0 Å². The smallest absolute Gasteiger partial charge is 0.0382 e. The van der Waals surface area contributed by atoms with Gasteiger partial charge in [-0.15, -0.1) is 0 Å². The Morgan fingerprint density at radius 1 is 1.09 bits per heavy atom. The van der Waals surface area contributed by atoms with Gasteiger partial charge in [-0.3, -0.25) is 4.90 Å². The number of rotatable bonds is 9. The summed E-state index contributed by atoms with van der Waals surface area (Å²) in [5.41, 5.74) is 1.15. The second-order valence-electron chi connectivity index (χ2n) is 7.92. The molecule has 0 amide bonds. The zero-order chi connectivity index (χ0) is 16.7. The summed E-state index contributed by atoms with van der Waals surface area (Å²) in [7, 11) is 0. The lowest BCUT2D eigenvalue weighted by Crippen LogP contribution is -2.57. The number of nitrogens with one attached hydrogen (secondary N) is 1. The van der Waals surface area contributed by atoms with E-state index in [1.165, 1.54) is 38.9 Å². The average Bonchev–Trinajstić information content (AvgIpc) is 2.38. The van der Waals surface area contributed by atoms with Crippen molar-refractivity contribution in [3.8, 4) is 0 Å². The minimum absolute atomic E-state index is 0.473.